The maximum atomic E-state index is 11.9. The summed E-state index contributed by atoms with van der Waals surface area (Å²) in [5.74, 6) is 1.26. The van der Waals surface area contributed by atoms with Crippen LogP contribution in [0.15, 0.2) is 22.8 Å². The van der Waals surface area contributed by atoms with Crippen LogP contribution >= 0.6 is 15.9 Å². The van der Waals surface area contributed by atoms with Gasteiger partial charge in [-0.2, -0.15) is 0 Å². The fourth-order valence-corrected chi connectivity index (χ4v) is 2.51. The summed E-state index contributed by atoms with van der Waals surface area (Å²) >= 11 is 3.37. The monoisotopic (exact) mass is 325 g/mol. The van der Waals surface area contributed by atoms with Gasteiger partial charge in [-0.15, -0.1) is 0 Å². The number of amides is 1. The molecule has 1 saturated heterocycles. The molecule has 2 rings (SSSR count). The SMILES string of the molecule is CC(C)C(=O)N1CCC(Nc2ccc(Br)cn2)CC1. The van der Waals surface area contributed by atoms with Crippen molar-refractivity contribution in [1.82, 2.24) is 9.88 Å². The maximum absolute atomic E-state index is 11.9. The fraction of sp³-hybridized carbons (Fsp3) is 0.571. The van der Waals surface area contributed by atoms with Gasteiger partial charge in [0.15, 0.2) is 0 Å². The van der Waals surface area contributed by atoms with Crippen molar-refractivity contribution in [2.24, 2.45) is 5.92 Å². The number of anilines is 1. The number of hydrogen-bond donors (Lipinski definition) is 1. The third-order valence-corrected chi connectivity index (χ3v) is 3.85. The first-order valence-electron chi connectivity index (χ1n) is 6.73. The van der Waals surface area contributed by atoms with Crippen LogP contribution in [0, 0.1) is 5.92 Å². The Hall–Kier alpha value is -1.10. The summed E-state index contributed by atoms with van der Waals surface area (Å²) in [4.78, 5) is 18.2. The highest BCUT2D eigenvalue weighted by Crippen LogP contribution is 2.18. The van der Waals surface area contributed by atoms with Crippen LogP contribution in [0.25, 0.3) is 0 Å². The van der Waals surface area contributed by atoms with Crippen molar-refractivity contribution < 1.29 is 4.79 Å². The van der Waals surface area contributed by atoms with Gasteiger partial charge in [0.25, 0.3) is 0 Å². The molecule has 104 valence electrons. The number of nitrogens with zero attached hydrogens (tertiary/aromatic N) is 2. The molecule has 5 heteroatoms. The summed E-state index contributed by atoms with van der Waals surface area (Å²) in [5.41, 5.74) is 0. The van der Waals surface area contributed by atoms with Crippen LogP contribution in [0.3, 0.4) is 0 Å². The van der Waals surface area contributed by atoms with Crippen LogP contribution in [-0.4, -0.2) is 34.9 Å². The number of piperidine rings is 1. The molecule has 0 radical (unpaired) electrons. The molecule has 1 amide bonds. The van der Waals surface area contributed by atoms with E-state index in [-0.39, 0.29) is 11.8 Å². The second-order valence-electron chi connectivity index (χ2n) is 5.26. The third-order valence-electron chi connectivity index (χ3n) is 3.38. The van der Waals surface area contributed by atoms with Gasteiger partial charge in [-0.25, -0.2) is 4.98 Å². The van der Waals surface area contributed by atoms with Crippen molar-refractivity contribution in [3.05, 3.63) is 22.8 Å². The molecule has 0 unspecified atom stereocenters. The minimum atomic E-state index is 0.0950. The highest BCUT2D eigenvalue weighted by molar-refractivity contribution is 9.10. The molecule has 0 atom stereocenters. The average Bonchev–Trinajstić information content (AvgIpc) is 2.41. The number of likely N-dealkylation sites (tertiary alicyclic amines) is 1. The van der Waals surface area contributed by atoms with Gasteiger partial charge < -0.3 is 10.2 Å². The maximum Gasteiger partial charge on any atom is 0.225 e. The zero-order valence-electron chi connectivity index (χ0n) is 11.4. The Bertz CT molecular complexity index is 425. The molecule has 0 aliphatic carbocycles. The number of rotatable bonds is 3. The summed E-state index contributed by atoms with van der Waals surface area (Å²) < 4.78 is 0.982. The van der Waals surface area contributed by atoms with Gasteiger partial charge in [-0.05, 0) is 40.9 Å². The van der Waals surface area contributed by atoms with E-state index in [2.05, 4.69) is 26.2 Å². The van der Waals surface area contributed by atoms with Crippen LogP contribution in [0.1, 0.15) is 26.7 Å². The summed E-state index contributed by atoms with van der Waals surface area (Å²) in [6.07, 6.45) is 3.76. The van der Waals surface area contributed by atoms with Crippen LogP contribution in [0.2, 0.25) is 0 Å². The predicted molar refractivity (Wildman–Crippen MR) is 80.0 cm³/mol. The molecule has 4 nitrogen and oxygen atoms in total. The Labute approximate surface area is 122 Å². The number of halogens is 1. The van der Waals surface area contributed by atoms with Gasteiger partial charge in [-0.1, -0.05) is 13.8 Å². The number of carbonyl (C=O) groups is 1. The number of pyridine rings is 1. The molecule has 1 fully saturated rings. The Morgan fingerprint density at radius 1 is 1.42 bits per heavy atom. The lowest BCUT2D eigenvalue weighted by molar-refractivity contribution is -0.135. The molecule has 1 aromatic heterocycles. The zero-order valence-corrected chi connectivity index (χ0v) is 13.0. The molecule has 1 aliphatic heterocycles. The molecule has 0 aromatic carbocycles. The quantitative estimate of drug-likeness (QED) is 0.929. The van der Waals surface area contributed by atoms with E-state index in [0.717, 1.165) is 36.2 Å². The van der Waals surface area contributed by atoms with Crippen LogP contribution in [0.4, 0.5) is 5.82 Å². The first kappa shape index (κ1) is 14.3. The van der Waals surface area contributed by atoms with Gasteiger partial charge in [-0.3, -0.25) is 4.79 Å². The molecular weight excluding hydrogens is 306 g/mol. The van der Waals surface area contributed by atoms with E-state index in [0.29, 0.717) is 6.04 Å². The lowest BCUT2D eigenvalue weighted by Gasteiger charge is -2.33. The van der Waals surface area contributed by atoms with Gasteiger partial charge in [0.2, 0.25) is 5.91 Å². The van der Waals surface area contributed by atoms with Crippen molar-refractivity contribution in [3.8, 4) is 0 Å². The van der Waals surface area contributed by atoms with Crippen molar-refractivity contribution in [1.29, 1.82) is 0 Å². The number of aromatic nitrogens is 1. The van der Waals surface area contributed by atoms with E-state index in [1.54, 1.807) is 6.20 Å². The van der Waals surface area contributed by atoms with Crippen molar-refractivity contribution in [3.63, 3.8) is 0 Å². The molecule has 2 heterocycles. The van der Waals surface area contributed by atoms with Crippen LogP contribution < -0.4 is 5.32 Å². The largest absolute Gasteiger partial charge is 0.367 e. The molecule has 0 saturated carbocycles. The Morgan fingerprint density at radius 3 is 2.63 bits per heavy atom. The number of nitrogens with one attached hydrogen (secondary N) is 1. The van der Waals surface area contributed by atoms with Gasteiger partial charge >= 0.3 is 0 Å². The number of hydrogen-bond acceptors (Lipinski definition) is 3. The van der Waals surface area contributed by atoms with E-state index >= 15 is 0 Å². The van der Waals surface area contributed by atoms with Gasteiger partial charge in [0.1, 0.15) is 5.82 Å². The van der Waals surface area contributed by atoms with Crippen molar-refractivity contribution in [2.45, 2.75) is 32.7 Å². The molecule has 1 aliphatic rings. The highest BCUT2D eigenvalue weighted by Gasteiger charge is 2.24. The standard InChI is InChI=1S/C14H20BrN3O/c1-10(2)14(19)18-7-5-12(6-8-18)17-13-4-3-11(15)9-16-13/h3-4,9-10,12H,5-8H2,1-2H3,(H,16,17). The smallest absolute Gasteiger partial charge is 0.225 e. The lowest BCUT2D eigenvalue weighted by Crippen LogP contribution is -2.44. The summed E-state index contributed by atoms with van der Waals surface area (Å²) in [6.45, 7) is 5.59. The van der Waals surface area contributed by atoms with Gasteiger partial charge in [0.05, 0.1) is 0 Å². The summed E-state index contributed by atoms with van der Waals surface area (Å²) in [6, 6.07) is 4.35. The van der Waals surface area contributed by atoms with Crippen LogP contribution in [0.5, 0.6) is 0 Å². The highest BCUT2D eigenvalue weighted by atomic mass is 79.9. The topological polar surface area (TPSA) is 45.2 Å². The molecule has 1 N–H and O–H groups in total. The van der Waals surface area contributed by atoms with E-state index in [9.17, 15) is 4.79 Å². The first-order valence-corrected chi connectivity index (χ1v) is 7.52. The molecule has 19 heavy (non-hydrogen) atoms. The van der Waals surface area contributed by atoms with E-state index < -0.39 is 0 Å². The minimum Gasteiger partial charge on any atom is -0.367 e. The summed E-state index contributed by atoms with van der Waals surface area (Å²) in [7, 11) is 0. The average molecular weight is 326 g/mol. The van der Waals surface area contributed by atoms with Crippen LogP contribution in [-0.2, 0) is 4.79 Å². The molecule has 0 spiro atoms. The second kappa shape index (κ2) is 6.37. The second-order valence-corrected chi connectivity index (χ2v) is 6.18. The molecular formula is C14H20BrN3O. The predicted octanol–water partition coefficient (Wildman–Crippen LogP) is 2.90. The van der Waals surface area contributed by atoms with E-state index in [1.165, 1.54) is 0 Å². The molecule has 1 aromatic rings. The fourth-order valence-electron chi connectivity index (χ4n) is 2.28. The lowest BCUT2D eigenvalue weighted by atomic mass is 10.0. The zero-order chi connectivity index (χ0) is 13.8. The number of carbonyl (C=O) groups excluding carboxylic acids is 1. The Kier molecular flexibility index (Phi) is 4.80. The first-order chi connectivity index (χ1) is 9.06. The Balaban J connectivity index is 1.83. The normalized spacial score (nSPS) is 16.7. The van der Waals surface area contributed by atoms with E-state index in [4.69, 9.17) is 0 Å². The Morgan fingerprint density at radius 2 is 2.11 bits per heavy atom. The van der Waals surface area contributed by atoms with Crippen molar-refractivity contribution >= 4 is 27.7 Å². The minimum absolute atomic E-state index is 0.0950. The third kappa shape index (κ3) is 3.93. The van der Waals surface area contributed by atoms with Gasteiger partial charge in [0, 0.05) is 35.7 Å². The summed E-state index contributed by atoms with van der Waals surface area (Å²) in [5, 5.41) is 3.43. The molecule has 0 bridgehead atoms. The van der Waals surface area contributed by atoms with Crippen molar-refractivity contribution in [2.75, 3.05) is 18.4 Å². The van der Waals surface area contributed by atoms with E-state index in [1.807, 2.05) is 30.9 Å².